The van der Waals surface area contributed by atoms with Gasteiger partial charge in [-0.3, -0.25) is 4.79 Å². The molecule has 1 aromatic rings. The van der Waals surface area contributed by atoms with Gasteiger partial charge in [0.05, 0.1) is 12.5 Å². The smallest absolute Gasteiger partial charge is 0.303 e. The van der Waals surface area contributed by atoms with Gasteiger partial charge in [0.15, 0.2) is 5.71 Å². The Bertz CT molecular complexity index is 588. The molecule has 1 heterocycles. The summed E-state index contributed by atoms with van der Waals surface area (Å²) >= 11 is 0. The Morgan fingerprint density at radius 3 is 2.67 bits per heavy atom. The van der Waals surface area contributed by atoms with Crippen LogP contribution in [0.3, 0.4) is 0 Å². The summed E-state index contributed by atoms with van der Waals surface area (Å²) in [6.45, 7) is 7.46. The van der Waals surface area contributed by atoms with E-state index in [4.69, 9.17) is 9.84 Å². The van der Waals surface area contributed by atoms with Crippen molar-refractivity contribution in [3.8, 4) is 5.75 Å². The molecule has 4 nitrogen and oxygen atoms in total. The third-order valence-electron chi connectivity index (χ3n) is 4.50. The quantitative estimate of drug-likeness (QED) is 0.645. The third kappa shape index (κ3) is 2.94. The fraction of sp³-hybridized carbons (Fsp3) is 0.529. The number of carboxylic acids is 1. The van der Waals surface area contributed by atoms with Crippen molar-refractivity contribution in [1.29, 1.82) is 0 Å². The molecule has 0 radical (unpaired) electrons. The lowest BCUT2D eigenvalue weighted by Gasteiger charge is -2.15. The molecule has 0 amide bonds. The summed E-state index contributed by atoms with van der Waals surface area (Å²) < 4.78 is 7.65. The third-order valence-corrected chi connectivity index (χ3v) is 4.50. The predicted octanol–water partition coefficient (Wildman–Crippen LogP) is 3.35. The Hall–Kier alpha value is -1.84. The lowest BCUT2D eigenvalue weighted by atomic mass is 9.82. The van der Waals surface area contributed by atoms with Gasteiger partial charge in [-0.05, 0) is 32.4 Å². The van der Waals surface area contributed by atoms with Crippen molar-refractivity contribution in [1.82, 2.24) is 0 Å². The van der Waals surface area contributed by atoms with Gasteiger partial charge in [-0.2, -0.15) is 4.58 Å². The van der Waals surface area contributed by atoms with E-state index in [1.54, 1.807) is 7.11 Å². The van der Waals surface area contributed by atoms with E-state index in [0.29, 0.717) is 6.42 Å². The standard InChI is InChI=1S/C17H23NO3/c1-12-17(2,3)14-11-13(21-4)8-9-15(14)18(12)10-6-5-7-16(19)20/h8-9,11H,5-7,10H2,1-4H3/p+1. The minimum Gasteiger partial charge on any atom is -0.497 e. The van der Waals surface area contributed by atoms with Crippen molar-refractivity contribution >= 4 is 17.4 Å². The largest absolute Gasteiger partial charge is 0.497 e. The molecule has 0 aliphatic carbocycles. The zero-order valence-electron chi connectivity index (χ0n) is 13.3. The number of hydrogen-bond acceptors (Lipinski definition) is 2. The monoisotopic (exact) mass is 290 g/mol. The minimum atomic E-state index is -0.720. The summed E-state index contributed by atoms with van der Waals surface area (Å²) in [5.41, 5.74) is 3.78. The molecule has 0 fully saturated rings. The highest BCUT2D eigenvalue weighted by Gasteiger charge is 2.42. The Labute approximate surface area is 126 Å². The zero-order valence-corrected chi connectivity index (χ0v) is 13.3. The second-order valence-corrected chi connectivity index (χ2v) is 6.10. The van der Waals surface area contributed by atoms with Crippen LogP contribution in [0.2, 0.25) is 0 Å². The van der Waals surface area contributed by atoms with Gasteiger partial charge in [-0.25, -0.2) is 0 Å². The maximum Gasteiger partial charge on any atom is 0.303 e. The normalized spacial score (nSPS) is 16.0. The second kappa shape index (κ2) is 5.88. The van der Waals surface area contributed by atoms with Crippen LogP contribution in [-0.4, -0.2) is 35.0 Å². The molecule has 0 atom stereocenters. The molecule has 2 rings (SSSR count). The molecule has 1 aliphatic rings. The average Bonchev–Trinajstić information content (AvgIpc) is 2.63. The Kier molecular flexibility index (Phi) is 4.35. The molecule has 0 unspecified atom stereocenters. The summed E-state index contributed by atoms with van der Waals surface area (Å²) in [4.78, 5) is 10.6. The Balaban J connectivity index is 2.22. The molecule has 0 saturated heterocycles. The van der Waals surface area contributed by atoms with Crippen molar-refractivity contribution in [2.24, 2.45) is 0 Å². The van der Waals surface area contributed by atoms with Crippen LogP contribution < -0.4 is 4.74 Å². The number of ether oxygens (including phenoxy) is 1. The Morgan fingerprint density at radius 1 is 1.33 bits per heavy atom. The van der Waals surface area contributed by atoms with E-state index in [9.17, 15) is 4.79 Å². The van der Waals surface area contributed by atoms with E-state index in [1.807, 2.05) is 6.07 Å². The number of hydrogen-bond donors (Lipinski definition) is 1. The molecule has 1 aromatic carbocycles. The minimum absolute atomic E-state index is 0.0172. The van der Waals surface area contributed by atoms with Gasteiger partial charge in [0.2, 0.25) is 5.69 Å². The van der Waals surface area contributed by atoms with Crippen LogP contribution >= 0.6 is 0 Å². The highest BCUT2D eigenvalue weighted by molar-refractivity contribution is 5.93. The molecule has 114 valence electrons. The van der Waals surface area contributed by atoms with Crippen molar-refractivity contribution in [3.63, 3.8) is 0 Å². The van der Waals surface area contributed by atoms with Crippen molar-refractivity contribution in [3.05, 3.63) is 23.8 Å². The number of rotatable bonds is 6. The summed E-state index contributed by atoms with van der Waals surface area (Å²) in [7, 11) is 1.68. The molecule has 0 bridgehead atoms. The number of nitrogens with zero attached hydrogens (tertiary/aromatic N) is 1. The van der Waals surface area contributed by atoms with Gasteiger partial charge in [0.25, 0.3) is 0 Å². The number of aliphatic carboxylic acids is 1. The second-order valence-electron chi connectivity index (χ2n) is 6.10. The molecule has 0 saturated carbocycles. The van der Waals surface area contributed by atoms with Gasteiger partial charge in [-0.1, -0.05) is 0 Å². The van der Waals surface area contributed by atoms with Crippen molar-refractivity contribution in [2.45, 2.75) is 45.4 Å². The summed E-state index contributed by atoms with van der Waals surface area (Å²) in [5.74, 6) is 0.157. The lowest BCUT2D eigenvalue weighted by Crippen LogP contribution is -2.26. The van der Waals surface area contributed by atoms with Crippen LogP contribution in [0.15, 0.2) is 18.2 Å². The van der Waals surface area contributed by atoms with E-state index in [1.165, 1.54) is 17.0 Å². The topological polar surface area (TPSA) is 49.5 Å². The van der Waals surface area contributed by atoms with Gasteiger partial charge in [0.1, 0.15) is 12.3 Å². The summed E-state index contributed by atoms with van der Waals surface area (Å²) in [6.07, 6.45) is 1.84. The van der Waals surface area contributed by atoms with Crippen LogP contribution in [0, 0.1) is 0 Å². The number of unbranched alkanes of at least 4 members (excludes halogenated alkanes) is 1. The number of carbonyl (C=O) groups is 1. The van der Waals surface area contributed by atoms with Crippen molar-refractivity contribution < 1.29 is 19.2 Å². The summed E-state index contributed by atoms with van der Waals surface area (Å²) in [5, 5.41) is 8.72. The number of carboxylic acid groups (broad SMARTS) is 1. The molecule has 0 spiro atoms. The first kappa shape index (κ1) is 15.5. The van der Waals surface area contributed by atoms with E-state index >= 15 is 0 Å². The van der Waals surface area contributed by atoms with E-state index in [2.05, 4.69) is 37.5 Å². The maximum absolute atomic E-state index is 10.6. The van der Waals surface area contributed by atoms with Gasteiger partial charge >= 0.3 is 5.97 Å². The number of fused-ring (bicyclic) bond motifs is 1. The van der Waals surface area contributed by atoms with Crippen LogP contribution in [0.4, 0.5) is 5.69 Å². The van der Waals surface area contributed by atoms with E-state index in [0.717, 1.165) is 18.7 Å². The SMILES string of the molecule is COc1ccc2c(c1)C(C)(C)C(C)=[N+]2CCCCC(=O)O. The fourth-order valence-electron chi connectivity index (χ4n) is 2.93. The maximum atomic E-state index is 10.6. The molecule has 0 aromatic heterocycles. The predicted molar refractivity (Wildman–Crippen MR) is 83.0 cm³/mol. The van der Waals surface area contributed by atoms with Crippen LogP contribution in [0.5, 0.6) is 5.75 Å². The molecular formula is C17H24NO3+. The molecule has 1 aliphatic heterocycles. The van der Waals surface area contributed by atoms with E-state index in [-0.39, 0.29) is 11.8 Å². The molecular weight excluding hydrogens is 266 g/mol. The number of methoxy groups -OCH3 is 1. The van der Waals surface area contributed by atoms with Gasteiger partial charge in [0, 0.05) is 31.4 Å². The van der Waals surface area contributed by atoms with E-state index < -0.39 is 5.97 Å². The average molecular weight is 290 g/mol. The fourth-order valence-corrected chi connectivity index (χ4v) is 2.93. The molecule has 21 heavy (non-hydrogen) atoms. The van der Waals surface area contributed by atoms with Crippen LogP contribution in [0.25, 0.3) is 0 Å². The molecule has 1 N–H and O–H groups in total. The van der Waals surface area contributed by atoms with Crippen LogP contribution in [0.1, 0.15) is 45.6 Å². The first-order valence-electron chi connectivity index (χ1n) is 7.40. The van der Waals surface area contributed by atoms with Crippen LogP contribution in [-0.2, 0) is 10.2 Å². The van der Waals surface area contributed by atoms with Crippen molar-refractivity contribution in [2.75, 3.05) is 13.7 Å². The first-order chi connectivity index (χ1) is 9.87. The highest BCUT2D eigenvalue weighted by Crippen LogP contribution is 2.41. The zero-order chi connectivity index (χ0) is 15.6. The highest BCUT2D eigenvalue weighted by atomic mass is 16.5. The van der Waals surface area contributed by atoms with Gasteiger partial charge in [-0.15, -0.1) is 0 Å². The number of benzene rings is 1. The lowest BCUT2D eigenvalue weighted by molar-refractivity contribution is -0.439. The Morgan fingerprint density at radius 2 is 2.05 bits per heavy atom. The molecule has 4 heteroatoms. The van der Waals surface area contributed by atoms with Gasteiger partial charge < -0.3 is 9.84 Å². The summed E-state index contributed by atoms with van der Waals surface area (Å²) in [6, 6.07) is 6.19. The first-order valence-corrected chi connectivity index (χ1v) is 7.40.